The molecule has 0 saturated heterocycles. The molecule has 25 heavy (non-hydrogen) atoms. The normalized spacial score (nSPS) is 32.1. The molecular formula is C22H27NO2. The molecular weight excluding hydrogens is 310 g/mol. The van der Waals surface area contributed by atoms with Gasteiger partial charge in [-0.2, -0.15) is 0 Å². The van der Waals surface area contributed by atoms with Crippen LogP contribution >= 0.6 is 0 Å². The Hall–Kier alpha value is -1.87. The molecule has 0 spiro atoms. The highest BCUT2D eigenvalue weighted by atomic mass is 16.6. The van der Waals surface area contributed by atoms with E-state index in [1.165, 1.54) is 16.3 Å². The largest absolute Gasteiger partial charge is 0.399 e. The van der Waals surface area contributed by atoms with E-state index in [-0.39, 0.29) is 12.0 Å². The summed E-state index contributed by atoms with van der Waals surface area (Å²) in [6, 6.07) is 15.4. The first-order valence-electron chi connectivity index (χ1n) is 9.48. The minimum atomic E-state index is -0.200. The molecule has 0 heterocycles. The predicted molar refractivity (Wildman–Crippen MR) is 102 cm³/mol. The third-order valence-electron chi connectivity index (χ3n) is 6.31. The molecule has 2 aliphatic carbocycles. The van der Waals surface area contributed by atoms with Crippen LogP contribution in [0.15, 0.2) is 47.6 Å². The van der Waals surface area contributed by atoms with Crippen molar-refractivity contribution in [3.8, 4) is 0 Å². The summed E-state index contributed by atoms with van der Waals surface area (Å²) in [7, 11) is 1.62. The number of benzene rings is 2. The van der Waals surface area contributed by atoms with Crippen LogP contribution < -0.4 is 0 Å². The predicted octanol–water partition coefficient (Wildman–Crippen LogP) is 4.74. The first-order chi connectivity index (χ1) is 12.2. The Bertz CT molecular complexity index is 784. The highest BCUT2D eigenvalue weighted by Gasteiger charge is 2.48. The molecule has 0 aromatic heterocycles. The van der Waals surface area contributed by atoms with E-state index in [4.69, 9.17) is 4.84 Å². The zero-order valence-electron chi connectivity index (χ0n) is 15.1. The van der Waals surface area contributed by atoms with E-state index in [2.05, 4.69) is 54.5 Å². The second-order valence-corrected chi connectivity index (χ2v) is 7.66. The Kier molecular flexibility index (Phi) is 4.51. The van der Waals surface area contributed by atoms with Gasteiger partial charge in [-0.1, -0.05) is 54.5 Å². The fourth-order valence-corrected chi connectivity index (χ4v) is 5.28. The lowest BCUT2D eigenvalue weighted by Crippen LogP contribution is -2.36. The number of rotatable bonds is 4. The van der Waals surface area contributed by atoms with Gasteiger partial charge in [-0.15, -0.1) is 0 Å². The van der Waals surface area contributed by atoms with Crippen molar-refractivity contribution in [2.24, 2.45) is 22.9 Å². The van der Waals surface area contributed by atoms with Crippen molar-refractivity contribution in [3.05, 3.63) is 48.0 Å². The van der Waals surface area contributed by atoms with Crippen LogP contribution in [-0.2, 0) is 4.84 Å². The van der Waals surface area contributed by atoms with E-state index in [9.17, 15) is 5.11 Å². The summed E-state index contributed by atoms with van der Waals surface area (Å²) in [6.07, 6.45) is 3.87. The van der Waals surface area contributed by atoms with Gasteiger partial charge in [-0.05, 0) is 59.8 Å². The van der Waals surface area contributed by atoms with Gasteiger partial charge in [0, 0.05) is 5.92 Å². The number of fused-ring (bicyclic) bond motifs is 3. The first kappa shape index (κ1) is 16.6. The van der Waals surface area contributed by atoms with Gasteiger partial charge in [0.05, 0.1) is 11.8 Å². The highest BCUT2D eigenvalue weighted by molar-refractivity contribution is 5.88. The summed E-state index contributed by atoms with van der Waals surface area (Å²) in [5.74, 6) is 1.64. The van der Waals surface area contributed by atoms with Crippen LogP contribution in [0.1, 0.15) is 44.1 Å². The maximum Gasteiger partial charge on any atom is 0.106 e. The van der Waals surface area contributed by atoms with E-state index in [1.54, 1.807) is 7.11 Å². The minimum absolute atomic E-state index is 0.200. The van der Waals surface area contributed by atoms with Crippen molar-refractivity contribution >= 4 is 16.5 Å². The van der Waals surface area contributed by atoms with Crippen LogP contribution in [0.25, 0.3) is 10.8 Å². The average Bonchev–Trinajstić information content (AvgIpc) is 2.94. The van der Waals surface area contributed by atoms with Crippen molar-refractivity contribution in [2.45, 2.75) is 44.6 Å². The Morgan fingerprint density at radius 2 is 1.92 bits per heavy atom. The fourth-order valence-electron chi connectivity index (χ4n) is 5.28. The van der Waals surface area contributed by atoms with Crippen LogP contribution in [-0.4, -0.2) is 24.0 Å². The van der Waals surface area contributed by atoms with Gasteiger partial charge in [-0.3, -0.25) is 0 Å². The van der Waals surface area contributed by atoms with Crippen LogP contribution in [0, 0.1) is 17.8 Å². The quantitative estimate of drug-likeness (QED) is 0.646. The third-order valence-corrected chi connectivity index (χ3v) is 6.31. The zero-order valence-corrected chi connectivity index (χ0v) is 15.1. The molecule has 2 aromatic carbocycles. The smallest absolute Gasteiger partial charge is 0.106 e. The Morgan fingerprint density at radius 1 is 1.12 bits per heavy atom. The number of hydrogen-bond donors (Lipinski definition) is 1. The molecule has 3 nitrogen and oxygen atoms in total. The molecule has 2 fully saturated rings. The van der Waals surface area contributed by atoms with E-state index in [1.807, 2.05) is 0 Å². The molecule has 2 aliphatic rings. The average molecular weight is 337 g/mol. The van der Waals surface area contributed by atoms with Gasteiger partial charge in [0.1, 0.15) is 7.11 Å². The molecule has 2 saturated carbocycles. The van der Waals surface area contributed by atoms with E-state index < -0.39 is 0 Å². The van der Waals surface area contributed by atoms with Crippen molar-refractivity contribution in [3.63, 3.8) is 0 Å². The van der Waals surface area contributed by atoms with Crippen LogP contribution in [0.4, 0.5) is 0 Å². The Labute approximate surface area is 149 Å². The van der Waals surface area contributed by atoms with Crippen LogP contribution in [0.5, 0.6) is 0 Å². The standard InChI is InChI=1S/C22H27NO2/c1-3-20(23-25-2)22-18(10-14-11-19(22)21(24)12-14)17-9-8-15-6-4-5-7-16(15)13-17/h4-9,13-14,18-19,21-22,24H,3,10-12H2,1-2H3/t14?,18-,19+,21?,22+/m1/s1. The molecule has 2 unspecified atom stereocenters. The summed E-state index contributed by atoms with van der Waals surface area (Å²) in [6.45, 7) is 2.14. The van der Waals surface area contributed by atoms with Crippen molar-refractivity contribution in [2.75, 3.05) is 7.11 Å². The van der Waals surface area contributed by atoms with Crippen molar-refractivity contribution < 1.29 is 9.94 Å². The summed E-state index contributed by atoms with van der Waals surface area (Å²) in [5, 5.41) is 17.6. The van der Waals surface area contributed by atoms with Crippen molar-refractivity contribution in [1.29, 1.82) is 0 Å². The second kappa shape index (κ2) is 6.80. The van der Waals surface area contributed by atoms with E-state index in [0.29, 0.717) is 17.8 Å². The van der Waals surface area contributed by atoms with Crippen LogP contribution in [0.3, 0.4) is 0 Å². The van der Waals surface area contributed by atoms with Gasteiger partial charge in [0.25, 0.3) is 0 Å². The lowest BCUT2D eigenvalue weighted by atomic mass is 9.66. The molecule has 0 amide bonds. The van der Waals surface area contributed by atoms with Gasteiger partial charge in [0.15, 0.2) is 0 Å². The molecule has 1 N–H and O–H groups in total. The molecule has 0 radical (unpaired) electrons. The minimum Gasteiger partial charge on any atom is -0.399 e. The second-order valence-electron chi connectivity index (χ2n) is 7.66. The molecule has 4 rings (SSSR count). The number of aliphatic hydroxyl groups excluding tert-OH is 1. The zero-order chi connectivity index (χ0) is 17.4. The molecule has 2 aromatic rings. The van der Waals surface area contributed by atoms with Gasteiger partial charge in [0.2, 0.25) is 0 Å². The lowest BCUT2D eigenvalue weighted by Gasteiger charge is -2.38. The van der Waals surface area contributed by atoms with E-state index in [0.717, 1.165) is 31.4 Å². The number of hydrogen-bond acceptors (Lipinski definition) is 3. The molecule has 5 atom stereocenters. The Balaban J connectivity index is 1.77. The number of oxime groups is 1. The van der Waals surface area contributed by atoms with Gasteiger partial charge < -0.3 is 9.94 Å². The maximum absolute atomic E-state index is 10.6. The SMILES string of the molecule is CCC(=NOC)[C@H]1[C@@H](c2ccc3ccccc3c2)CC2CC(O)[C@@H]1C2. The summed E-state index contributed by atoms with van der Waals surface area (Å²) < 4.78 is 0. The lowest BCUT2D eigenvalue weighted by molar-refractivity contribution is 0.106. The highest BCUT2D eigenvalue weighted by Crippen LogP contribution is 2.53. The maximum atomic E-state index is 10.6. The van der Waals surface area contributed by atoms with Crippen molar-refractivity contribution in [1.82, 2.24) is 0 Å². The fraction of sp³-hybridized carbons (Fsp3) is 0.500. The monoisotopic (exact) mass is 337 g/mol. The number of aliphatic hydroxyl groups is 1. The molecule has 3 heteroatoms. The number of nitrogens with zero attached hydrogens (tertiary/aromatic N) is 1. The summed E-state index contributed by atoms with van der Waals surface area (Å²) >= 11 is 0. The van der Waals surface area contributed by atoms with Gasteiger partial charge >= 0.3 is 0 Å². The third kappa shape index (κ3) is 2.95. The van der Waals surface area contributed by atoms with E-state index >= 15 is 0 Å². The topological polar surface area (TPSA) is 41.8 Å². The summed E-state index contributed by atoms with van der Waals surface area (Å²) in [4.78, 5) is 5.15. The molecule has 132 valence electrons. The summed E-state index contributed by atoms with van der Waals surface area (Å²) in [5.41, 5.74) is 2.48. The molecule has 0 aliphatic heterocycles. The Morgan fingerprint density at radius 3 is 2.68 bits per heavy atom. The van der Waals surface area contributed by atoms with Crippen LogP contribution in [0.2, 0.25) is 0 Å². The van der Waals surface area contributed by atoms with Gasteiger partial charge in [-0.25, -0.2) is 0 Å². The first-order valence-corrected chi connectivity index (χ1v) is 9.48. The molecule has 2 bridgehead atoms.